The lowest BCUT2D eigenvalue weighted by atomic mass is 10.1. The summed E-state index contributed by atoms with van der Waals surface area (Å²) in [6.07, 6.45) is 20.5. The molecule has 0 saturated carbocycles. The Kier molecular flexibility index (Phi) is 11.2. The third-order valence-electron chi connectivity index (χ3n) is 5.58. The standard InChI is InChI=1S/C27H41N2/c1-4-5-6-7-8-9-10-11-12-14-23-29-24-15-13-16-27(29)22-19-25-17-20-26(21-18-25)28(2)3/h13,15-22,24H,4-12,14,23H2,1-3H3/q+1. The number of unbranched alkanes of at least 4 members (excludes halogenated alkanes) is 9. The van der Waals surface area contributed by atoms with Gasteiger partial charge in [0.15, 0.2) is 6.20 Å². The number of aryl methyl sites for hydroxylation is 1. The van der Waals surface area contributed by atoms with Crippen LogP contribution in [-0.2, 0) is 6.54 Å². The number of nitrogens with zero attached hydrogens (tertiary/aromatic N) is 2. The number of aromatic nitrogens is 1. The van der Waals surface area contributed by atoms with E-state index in [4.69, 9.17) is 0 Å². The first-order chi connectivity index (χ1) is 14.2. The fraction of sp³-hybridized carbons (Fsp3) is 0.519. The van der Waals surface area contributed by atoms with E-state index in [1.807, 2.05) is 0 Å². The summed E-state index contributed by atoms with van der Waals surface area (Å²) in [7, 11) is 4.15. The lowest BCUT2D eigenvalue weighted by Crippen LogP contribution is -2.36. The van der Waals surface area contributed by atoms with Crippen LogP contribution < -0.4 is 9.47 Å². The van der Waals surface area contributed by atoms with Gasteiger partial charge in [0.2, 0.25) is 5.69 Å². The van der Waals surface area contributed by atoms with Crippen LogP contribution >= 0.6 is 0 Å². The molecule has 0 aliphatic heterocycles. The van der Waals surface area contributed by atoms with E-state index in [0.29, 0.717) is 0 Å². The van der Waals surface area contributed by atoms with Gasteiger partial charge in [-0.2, -0.15) is 4.57 Å². The summed E-state index contributed by atoms with van der Waals surface area (Å²) in [6, 6.07) is 15.2. The van der Waals surface area contributed by atoms with Crippen molar-refractivity contribution in [3.8, 4) is 0 Å². The summed E-state index contributed by atoms with van der Waals surface area (Å²) < 4.78 is 2.38. The average Bonchev–Trinajstić information content (AvgIpc) is 2.74. The van der Waals surface area contributed by atoms with Gasteiger partial charge in [-0.3, -0.25) is 0 Å². The minimum Gasteiger partial charge on any atom is -0.378 e. The number of pyridine rings is 1. The minimum absolute atomic E-state index is 1.11. The molecule has 0 amide bonds. The van der Waals surface area contributed by atoms with Crippen molar-refractivity contribution in [2.24, 2.45) is 0 Å². The summed E-state index contributed by atoms with van der Waals surface area (Å²) in [6.45, 7) is 3.39. The fourth-order valence-corrected chi connectivity index (χ4v) is 3.68. The summed E-state index contributed by atoms with van der Waals surface area (Å²) in [4.78, 5) is 2.13. The van der Waals surface area contributed by atoms with E-state index in [2.05, 4.69) is 91.3 Å². The van der Waals surface area contributed by atoms with Crippen LogP contribution in [0.2, 0.25) is 0 Å². The molecule has 2 heteroatoms. The van der Waals surface area contributed by atoms with E-state index in [0.717, 1.165) is 6.54 Å². The number of benzene rings is 1. The monoisotopic (exact) mass is 393 g/mol. The van der Waals surface area contributed by atoms with Crippen molar-refractivity contribution < 1.29 is 4.57 Å². The van der Waals surface area contributed by atoms with Crippen LogP contribution in [0, 0.1) is 0 Å². The van der Waals surface area contributed by atoms with E-state index >= 15 is 0 Å². The molecule has 158 valence electrons. The smallest absolute Gasteiger partial charge is 0.205 e. The largest absolute Gasteiger partial charge is 0.378 e. The zero-order valence-electron chi connectivity index (χ0n) is 18.9. The van der Waals surface area contributed by atoms with Crippen molar-refractivity contribution in [3.05, 3.63) is 59.9 Å². The average molecular weight is 394 g/mol. The molecule has 0 atom stereocenters. The fourth-order valence-electron chi connectivity index (χ4n) is 3.68. The quantitative estimate of drug-likeness (QED) is 0.244. The topological polar surface area (TPSA) is 7.12 Å². The van der Waals surface area contributed by atoms with Crippen LogP contribution in [0.25, 0.3) is 12.2 Å². The molecule has 0 bridgehead atoms. The molecule has 0 spiro atoms. The first-order valence-electron chi connectivity index (χ1n) is 11.6. The second-order valence-electron chi connectivity index (χ2n) is 8.32. The number of anilines is 1. The Bertz CT molecular complexity index is 701. The molecule has 0 saturated heterocycles. The van der Waals surface area contributed by atoms with E-state index < -0.39 is 0 Å². The normalized spacial score (nSPS) is 11.3. The predicted molar refractivity (Wildman–Crippen MR) is 128 cm³/mol. The van der Waals surface area contributed by atoms with Gasteiger partial charge >= 0.3 is 0 Å². The molecule has 1 aromatic heterocycles. The number of hydrogen-bond donors (Lipinski definition) is 0. The Morgan fingerprint density at radius 2 is 1.34 bits per heavy atom. The summed E-state index contributed by atoms with van der Waals surface area (Å²) in [5.41, 5.74) is 3.75. The maximum Gasteiger partial charge on any atom is 0.205 e. The van der Waals surface area contributed by atoms with Gasteiger partial charge in [-0.1, -0.05) is 70.4 Å². The number of rotatable bonds is 14. The van der Waals surface area contributed by atoms with Crippen molar-refractivity contribution in [1.82, 2.24) is 0 Å². The Balaban J connectivity index is 1.73. The van der Waals surface area contributed by atoms with Crippen molar-refractivity contribution in [2.75, 3.05) is 19.0 Å². The van der Waals surface area contributed by atoms with Gasteiger partial charge in [0.05, 0.1) is 0 Å². The molecular formula is C27H41N2+. The zero-order chi connectivity index (χ0) is 20.7. The van der Waals surface area contributed by atoms with E-state index in [-0.39, 0.29) is 0 Å². The van der Waals surface area contributed by atoms with Gasteiger partial charge in [0.25, 0.3) is 0 Å². The summed E-state index contributed by atoms with van der Waals surface area (Å²) >= 11 is 0. The Morgan fingerprint density at radius 1 is 0.724 bits per heavy atom. The molecular weight excluding hydrogens is 352 g/mol. The highest BCUT2D eigenvalue weighted by atomic mass is 15.1. The zero-order valence-corrected chi connectivity index (χ0v) is 18.9. The lowest BCUT2D eigenvalue weighted by molar-refractivity contribution is -0.699. The molecule has 2 aromatic rings. The van der Waals surface area contributed by atoms with Crippen LogP contribution in [0.4, 0.5) is 5.69 Å². The molecule has 0 radical (unpaired) electrons. The van der Waals surface area contributed by atoms with Crippen molar-refractivity contribution in [1.29, 1.82) is 0 Å². The van der Waals surface area contributed by atoms with Crippen molar-refractivity contribution in [3.63, 3.8) is 0 Å². The van der Waals surface area contributed by atoms with Crippen molar-refractivity contribution in [2.45, 2.75) is 77.7 Å². The summed E-state index contributed by atoms with van der Waals surface area (Å²) in [5.74, 6) is 0. The maximum absolute atomic E-state index is 2.38. The van der Waals surface area contributed by atoms with Crippen molar-refractivity contribution >= 4 is 17.8 Å². The maximum atomic E-state index is 2.38. The lowest BCUT2D eigenvalue weighted by Gasteiger charge is -2.11. The Hall–Kier alpha value is -2.09. The van der Waals surface area contributed by atoms with Gasteiger partial charge in [-0.25, -0.2) is 0 Å². The molecule has 0 aliphatic rings. The molecule has 0 unspecified atom stereocenters. The van der Waals surface area contributed by atoms with E-state index in [1.54, 1.807) is 0 Å². The molecule has 0 aliphatic carbocycles. The highest BCUT2D eigenvalue weighted by Crippen LogP contribution is 2.14. The molecule has 0 N–H and O–H groups in total. The highest BCUT2D eigenvalue weighted by molar-refractivity contribution is 5.68. The first kappa shape index (κ1) is 23.2. The molecule has 29 heavy (non-hydrogen) atoms. The van der Waals surface area contributed by atoms with Gasteiger partial charge in [0.1, 0.15) is 6.54 Å². The molecule has 0 fully saturated rings. The molecule has 2 rings (SSSR count). The Morgan fingerprint density at radius 3 is 1.97 bits per heavy atom. The van der Waals surface area contributed by atoms with Crippen LogP contribution in [0.1, 0.15) is 82.4 Å². The van der Waals surface area contributed by atoms with Gasteiger partial charge in [-0.05, 0) is 36.3 Å². The predicted octanol–water partition coefficient (Wildman–Crippen LogP) is 7.13. The van der Waals surface area contributed by atoms with Gasteiger partial charge in [-0.15, -0.1) is 0 Å². The second kappa shape index (κ2) is 14.0. The molecule has 1 aromatic carbocycles. The van der Waals surface area contributed by atoms with Crippen LogP contribution in [0.5, 0.6) is 0 Å². The SMILES string of the molecule is CCCCCCCCCCCC[n+]1ccccc1/C=C/c1ccc(N(C)C)cc1. The highest BCUT2D eigenvalue weighted by Gasteiger charge is 2.06. The van der Waals surface area contributed by atoms with Crippen LogP contribution in [0.3, 0.4) is 0 Å². The third-order valence-corrected chi connectivity index (χ3v) is 5.58. The first-order valence-corrected chi connectivity index (χ1v) is 11.6. The van der Waals surface area contributed by atoms with Gasteiger partial charge < -0.3 is 4.90 Å². The third kappa shape index (κ3) is 9.30. The van der Waals surface area contributed by atoms with E-state index in [1.165, 1.54) is 81.2 Å². The summed E-state index contributed by atoms with van der Waals surface area (Å²) in [5, 5.41) is 0. The molecule has 1 heterocycles. The second-order valence-corrected chi connectivity index (χ2v) is 8.32. The van der Waals surface area contributed by atoms with Crippen LogP contribution in [0.15, 0.2) is 48.7 Å². The minimum atomic E-state index is 1.11. The molecule has 2 nitrogen and oxygen atoms in total. The number of hydrogen-bond acceptors (Lipinski definition) is 1. The van der Waals surface area contributed by atoms with Gasteiger partial charge in [0, 0.05) is 44.4 Å². The van der Waals surface area contributed by atoms with E-state index in [9.17, 15) is 0 Å². The Labute approximate surface area is 179 Å². The van der Waals surface area contributed by atoms with Crippen LogP contribution in [-0.4, -0.2) is 14.1 Å².